The topological polar surface area (TPSA) is 140 Å². The zero-order valence-corrected chi connectivity index (χ0v) is 5.69. The average Bonchev–Trinajstić information content (AvgIpc) is 2.05. The number of rotatable bonds is 3. The van der Waals surface area contributed by atoms with Gasteiger partial charge in [-0.25, -0.2) is 10.7 Å². The van der Waals surface area contributed by atoms with Crippen LogP contribution in [-0.4, -0.2) is 12.1 Å². The normalized spacial score (nSPS) is 14.2. The fourth-order valence-corrected chi connectivity index (χ4v) is 0.419. The molecule has 0 aliphatic heterocycles. The van der Waals surface area contributed by atoms with Gasteiger partial charge in [-0.05, 0) is 0 Å². The van der Waals surface area contributed by atoms with Crippen molar-refractivity contribution in [2.45, 2.75) is 6.10 Å². The molecule has 1 unspecified atom stereocenters. The van der Waals surface area contributed by atoms with E-state index in [4.69, 9.17) is 17.4 Å². The summed E-state index contributed by atoms with van der Waals surface area (Å²) in [6.07, 6.45) is -0.279. The molecule has 0 aliphatic rings. The zero-order chi connectivity index (χ0) is 8.85. The lowest BCUT2D eigenvalue weighted by Gasteiger charge is -2.10. The SMILES string of the molecule is N/C=C(\N)C(ON)C(=O)ON. The van der Waals surface area contributed by atoms with E-state index in [-0.39, 0.29) is 5.70 Å². The summed E-state index contributed by atoms with van der Waals surface area (Å²) in [6, 6.07) is 0. The van der Waals surface area contributed by atoms with Gasteiger partial charge in [-0.3, -0.25) is 4.84 Å². The predicted molar refractivity (Wildman–Crippen MR) is 35.8 cm³/mol. The lowest BCUT2D eigenvalue weighted by Crippen LogP contribution is -2.36. The molecule has 0 aromatic rings. The summed E-state index contributed by atoms with van der Waals surface area (Å²) in [6.45, 7) is 0. The van der Waals surface area contributed by atoms with Crippen LogP contribution in [0.25, 0.3) is 0 Å². The summed E-state index contributed by atoms with van der Waals surface area (Å²) < 4.78 is 0. The smallest absolute Gasteiger partial charge is 0.362 e. The Morgan fingerprint density at radius 3 is 2.27 bits per heavy atom. The van der Waals surface area contributed by atoms with Gasteiger partial charge < -0.3 is 16.3 Å². The molecule has 0 aliphatic carbocycles. The molecule has 0 rings (SSSR count). The van der Waals surface area contributed by atoms with Crippen molar-refractivity contribution in [2.75, 3.05) is 0 Å². The molecule has 0 amide bonds. The number of hydrogen-bond acceptors (Lipinski definition) is 7. The van der Waals surface area contributed by atoms with E-state index < -0.39 is 12.1 Å². The van der Waals surface area contributed by atoms with Crippen LogP contribution >= 0.6 is 0 Å². The first-order valence-corrected chi connectivity index (χ1v) is 2.60. The molecule has 0 saturated carbocycles. The molecule has 0 heterocycles. The van der Waals surface area contributed by atoms with Crippen LogP contribution in [0.1, 0.15) is 0 Å². The Kier molecular flexibility index (Phi) is 3.96. The van der Waals surface area contributed by atoms with E-state index in [0.717, 1.165) is 6.20 Å². The minimum Gasteiger partial charge on any atom is -0.403 e. The summed E-state index contributed by atoms with van der Waals surface area (Å²) in [5, 5.41) is 0. The van der Waals surface area contributed by atoms with Crippen molar-refractivity contribution in [3.8, 4) is 0 Å². The summed E-state index contributed by atoms with van der Waals surface area (Å²) in [5.74, 6) is 8.31. The molecule has 8 N–H and O–H groups in total. The Labute approximate surface area is 62.8 Å². The van der Waals surface area contributed by atoms with Crippen LogP contribution in [0.5, 0.6) is 0 Å². The van der Waals surface area contributed by atoms with Crippen LogP contribution in [0.2, 0.25) is 0 Å². The van der Waals surface area contributed by atoms with Crippen molar-refractivity contribution in [1.29, 1.82) is 0 Å². The van der Waals surface area contributed by atoms with E-state index >= 15 is 0 Å². The highest BCUT2D eigenvalue weighted by molar-refractivity contribution is 5.77. The molecule has 0 aromatic heterocycles. The summed E-state index contributed by atoms with van der Waals surface area (Å²) in [5.41, 5.74) is 10.1. The molecule has 7 nitrogen and oxygen atoms in total. The van der Waals surface area contributed by atoms with Crippen molar-refractivity contribution in [3.63, 3.8) is 0 Å². The van der Waals surface area contributed by atoms with Crippen LogP contribution in [0.3, 0.4) is 0 Å². The summed E-state index contributed by atoms with van der Waals surface area (Å²) in [4.78, 5) is 18.5. The predicted octanol–water partition coefficient (Wildman–Crippen LogP) is -2.58. The van der Waals surface area contributed by atoms with Crippen LogP contribution < -0.4 is 23.3 Å². The number of carbonyl (C=O) groups is 1. The zero-order valence-electron chi connectivity index (χ0n) is 5.69. The van der Waals surface area contributed by atoms with Crippen molar-refractivity contribution in [3.05, 3.63) is 11.9 Å². The maximum Gasteiger partial charge on any atom is 0.362 e. The second-order valence-electron chi connectivity index (χ2n) is 1.62. The van der Waals surface area contributed by atoms with E-state index in [1.165, 1.54) is 0 Å². The second kappa shape index (κ2) is 4.50. The molecule has 0 saturated heterocycles. The number of nitrogens with two attached hydrogens (primary N) is 4. The molecule has 11 heavy (non-hydrogen) atoms. The first-order chi connectivity index (χ1) is 5.17. The fraction of sp³-hybridized carbons (Fsp3) is 0.250. The number of hydrogen-bond donors (Lipinski definition) is 4. The van der Waals surface area contributed by atoms with E-state index in [1.54, 1.807) is 0 Å². The van der Waals surface area contributed by atoms with Crippen molar-refractivity contribution in [1.82, 2.24) is 0 Å². The number of carbonyl (C=O) groups excluding carboxylic acids is 1. The summed E-state index contributed by atoms with van der Waals surface area (Å²) in [7, 11) is 0. The van der Waals surface area contributed by atoms with Gasteiger partial charge in [-0.15, -0.1) is 0 Å². The maximum absolute atomic E-state index is 10.6. The lowest BCUT2D eigenvalue weighted by molar-refractivity contribution is -0.155. The van der Waals surface area contributed by atoms with E-state index in [1.807, 2.05) is 0 Å². The fourth-order valence-electron chi connectivity index (χ4n) is 0.419. The summed E-state index contributed by atoms with van der Waals surface area (Å²) >= 11 is 0. The van der Waals surface area contributed by atoms with Crippen LogP contribution in [-0.2, 0) is 14.5 Å². The van der Waals surface area contributed by atoms with Crippen LogP contribution in [0.15, 0.2) is 11.9 Å². The van der Waals surface area contributed by atoms with Gasteiger partial charge >= 0.3 is 5.97 Å². The highest BCUT2D eigenvalue weighted by Gasteiger charge is 2.22. The largest absolute Gasteiger partial charge is 0.403 e. The Balaban J connectivity index is 4.28. The third-order valence-corrected chi connectivity index (χ3v) is 0.962. The average molecular weight is 162 g/mol. The first-order valence-electron chi connectivity index (χ1n) is 2.60. The third-order valence-electron chi connectivity index (χ3n) is 0.962. The maximum atomic E-state index is 10.6. The minimum absolute atomic E-state index is 0.0667. The quantitative estimate of drug-likeness (QED) is 0.334. The molecule has 0 radical (unpaired) electrons. The Bertz CT molecular complexity index is 169. The van der Waals surface area contributed by atoms with Gasteiger partial charge in [0.25, 0.3) is 0 Å². The standard InChI is InChI=1S/C4H10N4O3/c5-1-2(6)3(10-7)4(9)11-8/h1,3H,5-8H2/b2-1-. The molecule has 0 spiro atoms. The third kappa shape index (κ3) is 2.42. The van der Waals surface area contributed by atoms with Gasteiger partial charge in [0.1, 0.15) is 0 Å². The molecule has 64 valence electrons. The Hall–Kier alpha value is -1.31. The highest BCUT2D eigenvalue weighted by atomic mass is 16.7. The molecule has 7 heteroatoms. The van der Waals surface area contributed by atoms with Crippen molar-refractivity contribution >= 4 is 5.97 Å². The second-order valence-corrected chi connectivity index (χ2v) is 1.62. The molecule has 0 bridgehead atoms. The van der Waals surface area contributed by atoms with Gasteiger partial charge in [0.15, 0.2) is 0 Å². The lowest BCUT2D eigenvalue weighted by atomic mass is 10.3. The van der Waals surface area contributed by atoms with E-state index in [9.17, 15) is 4.79 Å². The Morgan fingerprint density at radius 1 is 1.45 bits per heavy atom. The van der Waals surface area contributed by atoms with Gasteiger partial charge in [0.05, 0.1) is 5.70 Å². The molecule has 0 aromatic carbocycles. The highest BCUT2D eigenvalue weighted by Crippen LogP contribution is 1.97. The van der Waals surface area contributed by atoms with Crippen molar-refractivity contribution < 1.29 is 14.5 Å². The van der Waals surface area contributed by atoms with Gasteiger partial charge in [0.2, 0.25) is 6.10 Å². The van der Waals surface area contributed by atoms with Crippen LogP contribution in [0, 0.1) is 0 Å². The molecular formula is C4H10N4O3. The van der Waals surface area contributed by atoms with E-state index in [2.05, 4.69) is 15.6 Å². The van der Waals surface area contributed by atoms with Gasteiger partial charge in [-0.2, -0.15) is 5.90 Å². The van der Waals surface area contributed by atoms with E-state index in [0.29, 0.717) is 0 Å². The monoisotopic (exact) mass is 162 g/mol. The Morgan fingerprint density at radius 2 is 2.00 bits per heavy atom. The van der Waals surface area contributed by atoms with Crippen LogP contribution in [0.4, 0.5) is 0 Å². The van der Waals surface area contributed by atoms with Gasteiger partial charge in [-0.1, -0.05) is 0 Å². The van der Waals surface area contributed by atoms with Gasteiger partial charge in [0, 0.05) is 6.20 Å². The molecule has 0 fully saturated rings. The molecule has 1 atom stereocenters. The van der Waals surface area contributed by atoms with Crippen molar-refractivity contribution in [2.24, 2.45) is 23.3 Å². The minimum atomic E-state index is -1.25. The molecular weight excluding hydrogens is 152 g/mol. The first kappa shape index (κ1) is 9.69.